The van der Waals surface area contributed by atoms with Gasteiger partial charge in [-0.25, -0.2) is 9.97 Å². The standard InChI is InChI=1S/C24H35N5O/c1-6-7-10-13-26-24(30)19(14-25)22-23(29(15-17(2)3)16-18(4)5)28-21-12-9-8-11-20(21)27-22/h8-9,11-12,17-19H,6-7,10,13,15-16H2,1-5H3,(H,26,30). The third kappa shape index (κ3) is 6.41. The molecular formula is C24H35N5O. The Hall–Kier alpha value is -2.68. The van der Waals surface area contributed by atoms with Crippen LogP contribution in [0.2, 0.25) is 0 Å². The van der Waals surface area contributed by atoms with Gasteiger partial charge in [-0.3, -0.25) is 4.79 Å². The average molecular weight is 410 g/mol. The highest BCUT2D eigenvalue weighted by Crippen LogP contribution is 2.28. The van der Waals surface area contributed by atoms with Gasteiger partial charge < -0.3 is 10.2 Å². The highest BCUT2D eigenvalue weighted by molar-refractivity contribution is 5.88. The summed E-state index contributed by atoms with van der Waals surface area (Å²) in [7, 11) is 0. The molecule has 162 valence electrons. The molecular weight excluding hydrogens is 374 g/mol. The fraction of sp³-hybridized carbons (Fsp3) is 0.583. The van der Waals surface area contributed by atoms with Crippen LogP contribution in [0.3, 0.4) is 0 Å². The molecule has 0 bridgehead atoms. The van der Waals surface area contributed by atoms with Gasteiger partial charge in [0.25, 0.3) is 0 Å². The largest absolute Gasteiger partial charge is 0.355 e. The molecule has 1 N–H and O–H groups in total. The second-order valence-corrected chi connectivity index (χ2v) is 8.67. The van der Waals surface area contributed by atoms with Gasteiger partial charge in [-0.1, -0.05) is 59.6 Å². The van der Waals surface area contributed by atoms with E-state index >= 15 is 0 Å². The number of amides is 1. The number of carbonyl (C=O) groups is 1. The Balaban J connectivity index is 2.50. The Morgan fingerprint density at radius 2 is 1.67 bits per heavy atom. The minimum absolute atomic E-state index is 0.298. The monoisotopic (exact) mass is 409 g/mol. The van der Waals surface area contributed by atoms with E-state index in [2.05, 4.69) is 50.9 Å². The molecule has 0 aliphatic carbocycles. The molecule has 0 spiro atoms. The summed E-state index contributed by atoms with van der Waals surface area (Å²) in [6, 6.07) is 9.80. The van der Waals surface area contributed by atoms with Crippen LogP contribution in [0, 0.1) is 23.2 Å². The number of para-hydroxylation sites is 2. The average Bonchev–Trinajstić information content (AvgIpc) is 2.70. The fourth-order valence-corrected chi connectivity index (χ4v) is 3.49. The molecule has 6 nitrogen and oxygen atoms in total. The molecule has 1 amide bonds. The molecule has 1 heterocycles. The van der Waals surface area contributed by atoms with Crippen LogP contribution in [-0.2, 0) is 4.79 Å². The maximum atomic E-state index is 12.9. The summed E-state index contributed by atoms with van der Waals surface area (Å²) in [5, 5.41) is 12.8. The van der Waals surface area contributed by atoms with E-state index in [1.165, 1.54) is 0 Å². The van der Waals surface area contributed by atoms with Gasteiger partial charge in [-0.05, 0) is 30.4 Å². The first-order valence-corrected chi connectivity index (χ1v) is 11.1. The van der Waals surface area contributed by atoms with Crippen LogP contribution in [-0.4, -0.2) is 35.5 Å². The quantitative estimate of drug-likeness (QED) is 0.546. The van der Waals surface area contributed by atoms with Crippen molar-refractivity contribution < 1.29 is 4.79 Å². The second-order valence-electron chi connectivity index (χ2n) is 8.67. The van der Waals surface area contributed by atoms with Gasteiger partial charge in [0.05, 0.1) is 17.1 Å². The summed E-state index contributed by atoms with van der Waals surface area (Å²) in [6.07, 6.45) is 3.04. The van der Waals surface area contributed by atoms with Gasteiger partial charge in [0.1, 0.15) is 5.69 Å². The van der Waals surface area contributed by atoms with E-state index < -0.39 is 5.92 Å². The summed E-state index contributed by atoms with van der Waals surface area (Å²) in [5.74, 6) is 0.182. The number of nitrogens with zero attached hydrogens (tertiary/aromatic N) is 4. The van der Waals surface area contributed by atoms with Crippen LogP contribution >= 0.6 is 0 Å². The van der Waals surface area contributed by atoms with Crippen LogP contribution < -0.4 is 10.2 Å². The first-order chi connectivity index (χ1) is 14.4. The van der Waals surface area contributed by atoms with E-state index in [0.29, 0.717) is 35.4 Å². The van der Waals surface area contributed by atoms with Crippen molar-refractivity contribution >= 4 is 22.8 Å². The molecule has 0 fully saturated rings. The number of fused-ring (bicyclic) bond motifs is 1. The van der Waals surface area contributed by atoms with Crippen molar-refractivity contribution in [3.05, 3.63) is 30.0 Å². The van der Waals surface area contributed by atoms with Gasteiger partial charge in [-0.2, -0.15) is 5.26 Å². The third-order valence-electron chi connectivity index (χ3n) is 4.79. The lowest BCUT2D eigenvalue weighted by molar-refractivity contribution is -0.121. The molecule has 30 heavy (non-hydrogen) atoms. The van der Waals surface area contributed by atoms with Gasteiger partial charge >= 0.3 is 0 Å². The summed E-state index contributed by atoms with van der Waals surface area (Å²) in [4.78, 5) is 24.7. The van der Waals surface area contributed by atoms with Crippen molar-refractivity contribution in [3.63, 3.8) is 0 Å². The SMILES string of the molecule is CCCCCNC(=O)C(C#N)c1nc2ccccc2nc1N(CC(C)C)CC(C)C. The number of nitrogens with one attached hydrogen (secondary N) is 1. The van der Waals surface area contributed by atoms with Crippen LogP contribution in [0.25, 0.3) is 11.0 Å². The van der Waals surface area contributed by atoms with Crippen LogP contribution in [0.5, 0.6) is 0 Å². The van der Waals surface area contributed by atoms with Crippen molar-refractivity contribution in [1.82, 2.24) is 15.3 Å². The lowest BCUT2D eigenvalue weighted by Crippen LogP contribution is -2.35. The molecule has 0 aliphatic heterocycles. The molecule has 0 saturated heterocycles. The fourth-order valence-electron chi connectivity index (χ4n) is 3.49. The van der Waals surface area contributed by atoms with Crippen LogP contribution in [0.1, 0.15) is 65.5 Å². The predicted octanol–water partition coefficient (Wildman–Crippen LogP) is 4.66. The molecule has 1 atom stereocenters. The first-order valence-electron chi connectivity index (χ1n) is 11.1. The van der Waals surface area contributed by atoms with E-state index in [9.17, 15) is 10.1 Å². The number of carbonyl (C=O) groups excluding carboxylic acids is 1. The van der Waals surface area contributed by atoms with Crippen molar-refractivity contribution in [3.8, 4) is 6.07 Å². The number of rotatable bonds is 11. The zero-order chi connectivity index (χ0) is 22.1. The Labute approximate surface area is 180 Å². The van der Waals surface area contributed by atoms with Crippen molar-refractivity contribution in [1.29, 1.82) is 5.26 Å². The summed E-state index contributed by atoms with van der Waals surface area (Å²) in [6.45, 7) is 12.9. The molecule has 0 aliphatic rings. The third-order valence-corrected chi connectivity index (χ3v) is 4.79. The maximum Gasteiger partial charge on any atom is 0.243 e. The molecule has 6 heteroatoms. The van der Waals surface area contributed by atoms with E-state index in [1.54, 1.807) is 0 Å². The number of anilines is 1. The summed E-state index contributed by atoms with van der Waals surface area (Å²) >= 11 is 0. The van der Waals surface area contributed by atoms with E-state index in [-0.39, 0.29) is 5.91 Å². The highest BCUT2D eigenvalue weighted by atomic mass is 16.1. The number of nitriles is 1. The lowest BCUT2D eigenvalue weighted by Gasteiger charge is -2.29. The minimum atomic E-state index is -0.986. The second kappa shape index (κ2) is 11.5. The zero-order valence-corrected chi connectivity index (χ0v) is 19.0. The number of unbranched alkanes of at least 4 members (excludes halogenated alkanes) is 2. The lowest BCUT2D eigenvalue weighted by atomic mass is 10.0. The number of benzene rings is 1. The predicted molar refractivity (Wildman–Crippen MR) is 122 cm³/mol. The smallest absolute Gasteiger partial charge is 0.243 e. The molecule has 1 unspecified atom stereocenters. The van der Waals surface area contributed by atoms with E-state index in [4.69, 9.17) is 9.97 Å². The normalized spacial score (nSPS) is 12.2. The number of aromatic nitrogens is 2. The van der Waals surface area contributed by atoms with E-state index in [1.807, 2.05) is 24.3 Å². The molecule has 2 rings (SSSR count). The summed E-state index contributed by atoms with van der Waals surface area (Å²) < 4.78 is 0. The van der Waals surface area contributed by atoms with Crippen LogP contribution in [0.4, 0.5) is 5.82 Å². The molecule has 1 aromatic heterocycles. The first kappa shape index (κ1) is 23.6. The maximum absolute atomic E-state index is 12.9. The number of hydrogen-bond acceptors (Lipinski definition) is 5. The Bertz CT molecular complexity index is 862. The van der Waals surface area contributed by atoms with Gasteiger partial charge in [-0.15, -0.1) is 0 Å². The van der Waals surface area contributed by atoms with Crippen molar-refractivity contribution in [2.75, 3.05) is 24.5 Å². The van der Waals surface area contributed by atoms with E-state index in [0.717, 1.165) is 37.9 Å². The molecule has 0 saturated carbocycles. The van der Waals surface area contributed by atoms with Gasteiger partial charge in [0.15, 0.2) is 11.7 Å². The van der Waals surface area contributed by atoms with Crippen molar-refractivity contribution in [2.45, 2.75) is 59.8 Å². The Morgan fingerprint density at radius 3 is 2.20 bits per heavy atom. The number of hydrogen-bond donors (Lipinski definition) is 1. The zero-order valence-electron chi connectivity index (χ0n) is 19.0. The topological polar surface area (TPSA) is 81.9 Å². The van der Waals surface area contributed by atoms with Gasteiger partial charge in [0.2, 0.25) is 5.91 Å². The van der Waals surface area contributed by atoms with Crippen LogP contribution in [0.15, 0.2) is 24.3 Å². The minimum Gasteiger partial charge on any atom is -0.355 e. The summed E-state index contributed by atoms with van der Waals surface area (Å²) in [5.41, 5.74) is 1.92. The Kier molecular flexibility index (Phi) is 9.04. The highest BCUT2D eigenvalue weighted by Gasteiger charge is 2.29. The van der Waals surface area contributed by atoms with Crippen molar-refractivity contribution in [2.24, 2.45) is 11.8 Å². The Morgan fingerprint density at radius 1 is 1.07 bits per heavy atom. The molecule has 1 aromatic carbocycles. The molecule has 0 radical (unpaired) electrons. The van der Waals surface area contributed by atoms with Gasteiger partial charge in [0, 0.05) is 19.6 Å². The molecule has 2 aromatic rings.